The van der Waals surface area contributed by atoms with E-state index in [2.05, 4.69) is 9.97 Å². The van der Waals surface area contributed by atoms with Crippen LogP contribution in [-0.4, -0.2) is 28.2 Å². The SMILES string of the molecule is Cc1cncc(-c2ccc(N(C)C(=O)O)c(C(F)(F)F)n2)c1. The summed E-state index contributed by atoms with van der Waals surface area (Å²) in [5.41, 5.74) is -0.499. The van der Waals surface area contributed by atoms with Crippen molar-refractivity contribution in [1.82, 2.24) is 9.97 Å². The molecule has 0 aliphatic carbocycles. The van der Waals surface area contributed by atoms with Crippen LogP contribution in [0.25, 0.3) is 11.3 Å². The molecule has 0 saturated heterocycles. The number of halogens is 3. The Kier molecular flexibility index (Phi) is 4.03. The van der Waals surface area contributed by atoms with Crippen molar-refractivity contribution >= 4 is 11.8 Å². The van der Waals surface area contributed by atoms with Gasteiger partial charge in [-0.1, -0.05) is 0 Å². The van der Waals surface area contributed by atoms with Gasteiger partial charge in [-0.25, -0.2) is 9.78 Å². The van der Waals surface area contributed by atoms with E-state index in [1.165, 1.54) is 12.3 Å². The summed E-state index contributed by atoms with van der Waals surface area (Å²) in [5, 5.41) is 8.87. The molecule has 0 saturated carbocycles. The molecule has 1 N–H and O–H groups in total. The Labute approximate surface area is 124 Å². The number of aryl methyl sites for hydroxylation is 1. The van der Waals surface area contributed by atoms with Gasteiger partial charge in [0.05, 0.1) is 11.4 Å². The largest absolute Gasteiger partial charge is 0.465 e. The lowest BCUT2D eigenvalue weighted by Gasteiger charge is -2.19. The summed E-state index contributed by atoms with van der Waals surface area (Å²) in [6.07, 6.45) is -3.30. The predicted octanol–water partition coefficient (Wildman–Crippen LogP) is 3.59. The van der Waals surface area contributed by atoms with E-state index >= 15 is 0 Å². The molecular formula is C14H12F3N3O2. The molecular weight excluding hydrogens is 299 g/mol. The van der Waals surface area contributed by atoms with Crippen molar-refractivity contribution in [2.45, 2.75) is 13.1 Å². The molecule has 0 unspecified atom stereocenters. The molecule has 2 aromatic heterocycles. The molecule has 5 nitrogen and oxygen atoms in total. The molecule has 0 radical (unpaired) electrons. The van der Waals surface area contributed by atoms with E-state index in [1.54, 1.807) is 19.2 Å². The summed E-state index contributed by atoms with van der Waals surface area (Å²) < 4.78 is 39.4. The Bertz CT molecular complexity index is 717. The maximum absolute atomic E-state index is 13.1. The highest BCUT2D eigenvalue weighted by molar-refractivity contribution is 5.86. The third kappa shape index (κ3) is 3.16. The van der Waals surface area contributed by atoms with Crippen LogP contribution in [0.5, 0.6) is 0 Å². The smallest absolute Gasteiger partial charge is 0.435 e. The molecule has 2 aromatic rings. The molecule has 0 aliphatic rings. The summed E-state index contributed by atoms with van der Waals surface area (Å²) in [6, 6.07) is 4.07. The van der Waals surface area contributed by atoms with Crippen LogP contribution in [0.3, 0.4) is 0 Å². The van der Waals surface area contributed by atoms with Crippen molar-refractivity contribution < 1.29 is 23.1 Å². The molecule has 0 aliphatic heterocycles. The first-order valence-electron chi connectivity index (χ1n) is 6.17. The number of nitrogens with zero attached hydrogens (tertiary/aromatic N) is 3. The lowest BCUT2D eigenvalue weighted by Crippen LogP contribution is -2.27. The summed E-state index contributed by atoms with van der Waals surface area (Å²) in [6.45, 7) is 1.76. The first-order valence-corrected chi connectivity index (χ1v) is 6.17. The lowest BCUT2D eigenvalue weighted by molar-refractivity contribution is -0.140. The van der Waals surface area contributed by atoms with Gasteiger partial charge in [0.1, 0.15) is 0 Å². The second kappa shape index (κ2) is 5.63. The zero-order valence-electron chi connectivity index (χ0n) is 11.7. The number of carbonyl (C=O) groups is 1. The zero-order chi connectivity index (χ0) is 16.5. The number of hydrogen-bond donors (Lipinski definition) is 1. The normalized spacial score (nSPS) is 11.3. The number of hydrogen-bond acceptors (Lipinski definition) is 3. The van der Waals surface area contributed by atoms with Crippen molar-refractivity contribution in [3.63, 3.8) is 0 Å². The minimum Gasteiger partial charge on any atom is -0.465 e. The van der Waals surface area contributed by atoms with Crippen LogP contribution in [0.15, 0.2) is 30.6 Å². The van der Waals surface area contributed by atoms with E-state index in [4.69, 9.17) is 5.11 Å². The average Bonchev–Trinajstić information content (AvgIpc) is 2.45. The fraction of sp³-hybridized carbons (Fsp3) is 0.214. The number of anilines is 1. The van der Waals surface area contributed by atoms with Crippen molar-refractivity contribution in [1.29, 1.82) is 0 Å². The molecule has 22 heavy (non-hydrogen) atoms. The number of aromatic nitrogens is 2. The van der Waals surface area contributed by atoms with Crippen LogP contribution < -0.4 is 4.90 Å². The highest BCUT2D eigenvalue weighted by Gasteiger charge is 2.37. The van der Waals surface area contributed by atoms with E-state index in [-0.39, 0.29) is 5.69 Å². The minimum atomic E-state index is -4.77. The van der Waals surface area contributed by atoms with Crippen LogP contribution in [0.1, 0.15) is 11.3 Å². The first kappa shape index (κ1) is 15.7. The molecule has 0 spiro atoms. The van der Waals surface area contributed by atoms with Crippen LogP contribution in [0.2, 0.25) is 0 Å². The molecule has 1 amide bonds. The maximum Gasteiger partial charge on any atom is 0.435 e. The number of alkyl halides is 3. The second-order valence-corrected chi connectivity index (χ2v) is 4.65. The van der Waals surface area contributed by atoms with Gasteiger partial charge in [-0.3, -0.25) is 9.88 Å². The van der Waals surface area contributed by atoms with Gasteiger partial charge in [0, 0.05) is 25.0 Å². The van der Waals surface area contributed by atoms with Crippen molar-refractivity contribution in [3.05, 3.63) is 41.9 Å². The van der Waals surface area contributed by atoms with Crippen molar-refractivity contribution in [2.24, 2.45) is 0 Å². The molecule has 2 heterocycles. The molecule has 0 atom stereocenters. The first-order chi connectivity index (χ1) is 10.2. The quantitative estimate of drug-likeness (QED) is 0.920. The van der Waals surface area contributed by atoms with Crippen molar-refractivity contribution in [2.75, 3.05) is 11.9 Å². The minimum absolute atomic E-state index is 0.0751. The average molecular weight is 311 g/mol. The number of rotatable bonds is 2. The van der Waals surface area contributed by atoms with Gasteiger partial charge in [-0.15, -0.1) is 0 Å². The van der Waals surface area contributed by atoms with Gasteiger partial charge in [0.25, 0.3) is 0 Å². The Morgan fingerprint density at radius 2 is 1.95 bits per heavy atom. The van der Waals surface area contributed by atoms with E-state index < -0.39 is 23.7 Å². The number of pyridine rings is 2. The molecule has 0 fully saturated rings. The van der Waals surface area contributed by atoms with Crippen molar-refractivity contribution in [3.8, 4) is 11.3 Å². The molecule has 8 heteroatoms. The third-order valence-corrected chi connectivity index (χ3v) is 2.96. The molecule has 2 rings (SSSR count). The van der Waals surface area contributed by atoms with Crippen LogP contribution in [0, 0.1) is 6.92 Å². The third-order valence-electron chi connectivity index (χ3n) is 2.96. The highest BCUT2D eigenvalue weighted by Crippen LogP contribution is 2.36. The highest BCUT2D eigenvalue weighted by atomic mass is 19.4. The Hall–Kier alpha value is -2.64. The number of carboxylic acid groups (broad SMARTS) is 1. The Morgan fingerprint density at radius 1 is 1.27 bits per heavy atom. The molecule has 116 valence electrons. The molecule has 0 bridgehead atoms. The Morgan fingerprint density at radius 3 is 2.50 bits per heavy atom. The fourth-order valence-corrected chi connectivity index (χ4v) is 1.89. The fourth-order valence-electron chi connectivity index (χ4n) is 1.89. The Balaban J connectivity index is 2.60. The lowest BCUT2D eigenvalue weighted by atomic mass is 10.1. The van der Waals surface area contributed by atoms with Crippen LogP contribution in [-0.2, 0) is 6.18 Å². The van der Waals surface area contributed by atoms with E-state index in [0.29, 0.717) is 10.5 Å². The van der Waals surface area contributed by atoms with Crippen LogP contribution >= 0.6 is 0 Å². The van der Waals surface area contributed by atoms with Gasteiger partial charge in [-0.05, 0) is 30.7 Å². The number of amides is 1. The van der Waals surface area contributed by atoms with E-state index in [9.17, 15) is 18.0 Å². The van der Waals surface area contributed by atoms with E-state index in [1.807, 2.05) is 0 Å². The van der Waals surface area contributed by atoms with Gasteiger partial charge in [0.2, 0.25) is 0 Å². The predicted molar refractivity (Wildman–Crippen MR) is 73.6 cm³/mol. The topological polar surface area (TPSA) is 66.3 Å². The van der Waals surface area contributed by atoms with E-state index in [0.717, 1.165) is 18.7 Å². The summed E-state index contributed by atoms with van der Waals surface area (Å²) in [4.78, 5) is 18.9. The van der Waals surface area contributed by atoms with Crippen LogP contribution in [0.4, 0.5) is 23.7 Å². The van der Waals surface area contributed by atoms with Gasteiger partial charge in [-0.2, -0.15) is 13.2 Å². The van der Waals surface area contributed by atoms with Gasteiger partial charge < -0.3 is 5.11 Å². The zero-order valence-corrected chi connectivity index (χ0v) is 11.7. The summed E-state index contributed by atoms with van der Waals surface area (Å²) >= 11 is 0. The maximum atomic E-state index is 13.1. The van der Waals surface area contributed by atoms with Gasteiger partial charge in [0.15, 0.2) is 5.69 Å². The molecule has 0 aromatic carbocycles. The monoisotopic (exact) mass is 311 g/mol. The summed E-state index contributed by atoms with van der Waals surface area (Å²) in [5.74, 6) is 0. The summed E-state index contributed by atoms with van der Waals surface area (Å²) in [7, 11) is 1.03. The van der Waals surface area contributed by atoms with Gasteiger partial charge >= 0.3 is 12.3 Å². The standard InChI is InChI=1S/C14H12F3N3O2/c1-8-5-9(7-18-6-8)10-3-4-11(20(2)13(21)22)12(19-10)14(15,16)17/h3-7H,1-2H3,(H,21,22). The second-order valence-electron chi connectivity index (χ2n) is 4.65.